The van der Waals surface area contributed by atoms with Crippen LogP contribution in [-0.2, 0) is 9.53 Å². The molecular weight excluding hydrogens is 264 g/mol. The van der Waals surface area contributed by atoms with Gasteiger partial charge in [0.2, 0.25) is 5.91 Å². The molecule has 0 aliphatic carbocycles. The fraction of sp³-hybridized carbons (Fsp3) is 0.941. The van der Waals surface area contributed by atoms with Crippen LogP contribution in [0.5, 0.6) is 0 Å². The fourth-order valence-electron chi connectivity index (χ4n) is 3.51. The fourth-order valence-corrected chi connectivity index (χ4v) is 3.51. The van der Waals surface area contributed by atoms with Gasteiger partial charge in [-0.2, -0.15) is 0 Å². The zero-order valence-corrected chi connectivity index (χ0v) is 14.3. The predicted molar refractivity (Wildman–Crippen MR) is 84.9 cm³/mol. The summed E-state index contributed by atoms with van der Waals surface area (Å²) < 4.78 is 5.49. The molecule has 0 bridgehead atoms. The molecule has 21 heavy (non-hydrogen) atoms. The van der Waals surface area contributed by atoms with Gasteiger partial charge in [-0.1, -0.05) is 34.6 Å². The van der Waals surface area contributed by atoms with Crippen molar-refractivity contribution in [1.29, 1.82) is 0 Å². The summed E-state index contributed by atoms with van der Waals surface area (Å²) in [6, 6.07) is 0.000778. The summed E-state index contributed by atoms with van der Waals surface area (Å²) in [4.78, 5) is 14.9. The van der Waals surface area contributed by atoms with Crippen molar-refractivity contribution in [2.75, 3.05) is 19.8 Å². The van der Waals surface area contributed by atoms with Crippen LogP contribution < -0.4 is 5.32 Å². The van der Waals surface area contributed by atoms with E-state index in [2.05, 4.69) is 44.8 Å². The molecule has 0 aromatic rings. The van der Waals surface area contributed by atoms with Crippen LogP contribution in [0.25, 0.3) is 0 Å². The molecule has 1 amide bonds. The van der Waals surface area contributed by atoms with Crippen LogP contribution in [0.15, 0.2) is 0 Å². The number of amides is 1. The second kappa shape index (κ2) is 6.66. The number of carbonyl (C=O) groups is 1. The molecule has 0 radical (unpaired) electrons. The van der Waals surface area contributed by atoms with Crippen LogP contribution in [0.4, 0.5) is 0 Å². The molecule has 122 valence electrons. The number of nitrogens with zero attached hydrogens (tertiary/aromatic N) is 1. The van der Waals surface area contributed by atoms with Crippen molar-refractivity contribution in [3.05, 3.63) is 0 Å². The first-order valence-corrected chi connectivity index (χ1v) is 8.47. The summed E-state index contributed by atoms with van der Waals surface area (Å²) >= 11 is 0. The molecule has 0 aromatic heterocycles. The van der Waals surface area contributed by atoms with Gasteiger partial charge < -0.3 is 9.64 Å². The van der Waals surface area contributed by atoms with E-state index in [-0.39, 0.29) is 17.6 Å². The Balaban J connectivity index is 2.08. The van der Waals surface area contributed by atoms with E-state index in [1.54, 1.807) is 0 Å². The van der Waals surface area contributed by atoms with E-state index < -0.39 is 0 Å². The Bertz CT molecular complexity index is 362. The van der Waals surface area contributed by atoms with Crippen LogP contribution in [0, 0.1) is 17.3 Å². The van der Waals surface area contributed by atoms with Crippen LogP contribution in [0.3, 0.4) is 0 Å². The molecule has 2 rings (SSSR count). The highest BCUT2D eigenvalue weighted by molar-refractivity contribution is 5.84. The third kappa shape index (κ3) is 3.98. The van der Waals surface area contributed by atoms with Gasteiger partial charge in [0, 0.05) is 19.8 Å². The molecule has 2 unspecified atom stereocenters. The molecule has 1 N–H and O–H groups in total. The van der Waals surface area contributed by atoms with Crippen molar-refractivity contribution in [3.8, 4) is 0 Å². The largest absolute Gasteiger partial charge is 0.381 e. The van der Waals surface area contributed by atoms with Gasteiger partial charge in [0.05, 0.1) is 12.2 Å². The predicted octanol–water partition coefficient (Wildman–Crippen LogP) is 2.63. The summed E-state index contributed by atoms with van der Waals surface area (Å²) in [7, 11) is 0. The van der Waals surface area contributed by atoms with Crippen LogP contribution >= 0.6 is 0 Å². The maximum Gasteiger partial charge on any atom is 0.241 e. The van der Waals surface area contributed by atoms with Gasteiger partial charge in [-0.3, -0.25) is 10.1 Å². The highest BCUT2D eigenvalue weighted by Gasteiger charge is 2.43. The molecule has 2 aliphatic rings. The summed E-state index contributed by atoms with van der Waals surface area (Å²) in [6.07, 6.45) is 3.21. The minimum Gasteiger partial charge on any atom is -0.381 e. The molecule has 0 spiro atoms. The quantitative estimate of drug-likeness (QED) is 0.848. The molecule has 2 atom stereocenters. The van der Waals surface area contributed by atoms with Crippen LogP contribution in [0.2, 0.25) is 0 Å². The van der Waals surface area contributed by atoms with Crippen molar-refractivity contribution in [3.63, 3.8) is 0 Å². The normalized spacial score (nSPS) is 29.7. The number of hydrogen-bond donors (Lipinski definition) is 1. The second-order valence-corrected chi connectivity index (χ2v) is 7.93. The first kappa shape index (κ1) is 16.8. The first-order valence-electron chi connectivity index (χ1n) is 8.47. The molecular formula is C17H32N2O2. The van der Waals surface area contributed by atoms with Gasteiger partial charge in [-0.25, -0.2) is 0 Å². The van der Waals surface area contributed by atoms with Gasteiger partial charge in [0.25, 0.3) is 0 Å². The van der Waals surface area contributed by atoms with Gasteiger partial charge >= 0.3 is 0 Å². The summed E-state index contributed by atoms with van der Waals surface area (Å²) in [5.74, 6) is 1.28. The standard InChI is InChI=1S/C17H32N2O2/c1-12(2)10-14-16(20)19(15(18-14)13(3)4)11-17(5)6-8-21-9-7-17/h12-15,18H,6-11H2,1-5H3. The maximum atomic E-state index is 12.8. The topological polar surface area (TPSA) is 41.6 Å². The van der Waals surface area contributed by atoms with Crippen molar-refractivity contribution < 1.29 is 9.53 Å². The number of rotatable bonds is 5. The Morgan fingerprint density at radius 1 is 1.29 bits per heavy atom. The number of hydrogen-bond acceptors (Lipinski definition) is 3. The van der Waals surface area contributed by atoms with E-state index >= 15 is 0 Å². The van der Waals surface area contributed by atoms with Gasteiger partial charge in [-0.15, -0.1) is 0 Å². The Labute approximate surface area is 129 Å². The average molecular weight is 296 g/mol. The molecule has 2 saturated heterocycles. The Kier molecular flexibility index (Phi) is 5.31. The highest BCUT2D eigenvalue weighted by Crippen LogP contribution is 2.33. The summed E-state index contributed by atoms with van der Waals surface area (Å²) in [5.41, 5.74) is 0.204. The second-order valence-electron chi connectivity index (χ2n) is 7.93. The molecule has 2 fully saturated rings. The molecule has 4 nitrogen and oxygen atoms in total. The van der Waals surface area contributed by atoms with E-state index in [4.69, 9.17) is 4.74 Å². The Morgan fingerprint density at radius 3 is 2.43 bits per heavy atom. The lowest BCUT2D eigenvalue weighted by molar-refractivity contribution is -0.133. The van der Waals surface area contributed by atoms with Gasteiger partial charge in [0.1, 0.15) is 0 Å². The van der Waals surface area contributed by atoms with Gasteiger partial charge in [-0.05, 0) is 36.5 Å². The average Bonchev–Trinajstić information content (AvgIpc) is 2.68. The number of ether oxygens (including phenoxy) is 1. The lowest BCUT2D eigenvalue weighted by Crippen LogP contribution is -2.47. The number of nitrogens with one attached hydrogen (secondary N) is 1. The Hall–Kier alpha value is -0.610. The number of carbonyl (C=O) groups excluding carboxylic acids is 1. The van der Waals surface area contributed by atoms with Crippen LogP contribution in [0.1, 0.15) is 53.9 Å². The SMILES string of the molecule is CC(C)CC1NC(C(C)C)N(CC2(C)CCOCC2)C1=O. The third-order valence-electron chi connectivity index (χ3n) is 4.88. The molecule has 0 aromatic carbocycles. The van der Waals surface area contributed by atoms with E-state index in [1.165, 1.54) is 0 Å². The smallest absolute Gasteiger partial charge is 0.241 e. The van der Waals surface area contributed by atoms with E-state index in [9.17, 15) is 4.79 Å². The van der Waals surface area contributed by atoms with E-state index in [0.29, 0.717) is 17.7 Å². The first-order chi connectivity index (χ1) is 9.82. The summed E-state index contributed by atoms with van der Waals surface area (Å²) in [5, 5.41) is 3.57. The highest BCUT2D eigenvalue weighted by atomic mass is 16.5. The molecule has 2 aliphatic heterocycles. The third-order valence-corrected chi connectivity index (χ3v) is 4.88. The van der Waals surface area contributed by atoms with E-state index in [1.807, 2.05) is 0 Å². The lowest BCUT2D eigenvalue weighted by atomic mass is 9.81. The minimum atomic E-state index is 0.000778. The maximum absolute atomic E-state index is 12.8. The molecule has 2 heterocycles. The Morgan fingerprint density at radius 2 is 1.90 bits per heavy atom. The zero-order chi connectivity index (χ0) is 15.6. The zero-order valence-electron chi connectivity index (χ0n) is 14.3. The van der Waals surface area contributed by atoms with Crippen LogP contribution in [-0.4, -0.2) is 42.8 Å². The molecule has 4 heteroatoms. The van der Waals surface area contributed by atoms with Crippen molar-refractivity contribution in [2.45, 2.75) is 66.1 Å². The summed E-state index contributed by atoms with van der Waals surface area (Å²) in [6.45, 7) is 13.6. The van der Waals surface area contributed by atoms with Crippen molar-refractivity contribution in [2.24, 2.45) is 17.3 Å². The van der Waals surface area contributed by atoms with Crippen molar-refractivity contribution in [1.82, 2.24) is 10.2 Å². The van der Waals surface area contributed by atoms with E-state index in [0.717, 1.165) is 39.0 Å². The monoisotopic (exact) mass is 296 g/mol. The minimum absolute atomic E-state index is 0.000778. The van der Waals surface area contributed by atoms with Gasteiger partial charge in [0.15, 0.2) is 0 Å². The lowest BCUT2D eigenvalue weighted by Gasteiger charge is -2.39. The molecule has 0 saturated carbocycles. The van der Waals surface area contributed by atoms with Crippen molar-refractivity contribution >= 4 is 5.91 Å².